The summed E-state index contributed by atoms with van der Waals surface area (Å²) in [5, 5.41) is 3.13. The third kappa shape index (κ3) is 5.21. The van der Waals surface area contributed by atoms with Crippen LogP contribution in [0.4, 0.5) is 0 Å². The first-order valence-electron chi connectivity index (χ1n) is 9.52. The molecule has 1 aliphatic heterocycles. The maximum Gasteiger partial charge on any atom is 0.223 e. The minimum absolute atomic E-state index is 0.0509. The van der Waals surface area contributed by atoms with Crippen molar-refractivity contribution in [2.24, 2.45) is 5.92 Å². The minimum Gasteiger partial charge on any atom is -0.469 e. The Labute approximate surface area is 155 Å². The van der Waals surface area contributed by atoms with E-state index < -0.39 is 0 Å². The summed E-state index contributed by atoms with van der Waals surface area (Å²) in [5.74, 6) is 1.45. The van der Waals surface area contributed by atoms with Crippen molar-refractivity contribution in [1.82, 2.24) is 5.32 Å². The second kappa shape index (κ2) is 8.54. The Balaban J connectivity index is 1.54. The summed E-state index contributed by atoms with van der Waals surface area (Å²) < 4.78 is 11.4. The second-order valence-electron chi connectivity index (χ2n) is 7.78. The van der Waals surface area contributed by atoms with Crippen molar-refractivity contribution in [3.63, 3.8) is 0 Å². The summed E-state index contributed by atoms with van der Waals surface area (Å²) in [4.78, 5) is 12.5. The maximum absolute atomic E-state index is 12.5. The first-order chi connectivity index (χ1) is 12.5. The molecule has 1 amide bonds. The predicted molar refractivity (Wildman–Crippen MR) is 102 cm³/mol. The van der Waals surface area contributed by atoms with Crippen LogP contribution in [0.3, 0.4) is 0 Å². The monoisotopic (exact) mass is 355 g/mol. The molecule has 1 N–H and O–H groups in total. The van der Waals surface area contributed by atoms with Crippen molar-refractivity contribution in [1.29, 1.82) is 0 Å². The molecule has 0 saturated carbocycles. The summed E-state index contributed by atoms with van der Waals surface area (Å²) >= 11 is 0. The lowest BCUT2D eigenvalue weighted by Gasteiger charge is -2.34. The Morgan fingerprint density at radius 3 is 2.73 bits per heavy atom. The topological polar surface area (TPSA) is 51.5 Å². The highest BCUT2D eigenvalue weighted by Gasteiger charge is 2.32. The lowest BCUT2D eigenvalue weighted by Crippen LogP contribution is -2.41. The van der Waals surface area contributed by atoms with Gasteiger partial charge in [0.2, 0.25) is 5.91 Å². The number of nitrogens with one attached hydrogen (secondary N) is 1. The van der Waals surface area contributed by atoms with Crippen molar-refractivity contribution in [3.05, 3.63) is 60.1 Å². The van der Waals surface area contributed by atoms with Crippen molar-refractivity contribution in [3.8, 4) is 0 Å². The average Bonchev–Trinajstić information content (AvgIpc) is 3.15. The summed E-state index contributed by atoms with van der Waals surface area (Å²) in [6, 6.07) is 14.4. The van der Waals surface area contributed by atoms with E-state index in [9.17, 15) is 4.79 Å². The standard InChI is InChI=1S/C22H29NO3/c1-22(2)16-19(11-14-26-22)21(24)23-12-10-18(20-9-6-13-25-20)15-17-7-4-3-5-8-17/h3-9,13,18-19H,10-12,14-16H2,1-2H3,(H,23,24). The number of hydrogen-bond donors (Lipinski definition) is 1. The first-order valence-corrected chi connectivity index (χ1v) is 9.52. The van der Waals surface area contributed by atoms with Gasteiger partial charge in [0.25, 0.3) is 0 Å². The molecule has 0 radical (unpaired) electrons. The van der Waals surface area contributed by atoms with Gasteiger partial charge in [0.1, 0.15) is 5.76 Å². The summed E-state index contributed by atoms with van der Waals surface area (Å²) in [5.41, 5.74) is 1.08. The number of carbonyl (C=O) groups is 1. The number of carbonyl (C=O) groups excluding carboxylic acids is 1. The van der Waals surface area contributed by atoms with Gasteiger partial charge in [-0.25, -0.2) is 0 Å². The van der Waals surface area contributed by atoms with Gasteiger partial charge in [0, 0.05) is 25.0 Å². The van der Waals surface area contributed by atoms with Crippen LogP contribution in [0.5, 0.6) is 0 Å². The number of amides is 1. The van der Waals surface area contributed by atoms with Crippen LogP contribution >= 0.6 is 0 Å². The highest BCUT2D eigenvalue weighted by Crippen LogP contribution is 2.29. The van der Waals surface area contributed by atoms with Crippen LogP contribution in [-0.2, 0) is 16.0 Å². The normalized spacial score (nSPS) is 20.5. The minimum atomic E-state index is -0.204. The van der Waals surface area contributed by atoms with Gasteiger partial charge in [-0.3, -0.25) is 4.79 Å². The zero-order valence-electron chi connectivity index (χ0n) is 15.7. The molecule has 26 heavy (non-hydrogen) atoms. The summed E-state index contributed by atoms with van der Waals surface area (Å²) in [6.45, 7) is 5.43. The predicted octanol–water partition coefficient (Wildman–Crippen LogP) is 4.32. The van der Waals surface area contributed by atoms with Gasteiger partial charge in [-0.15, -0.1) is 0 Å². The van der Waals surface area contributed by atoms with Gasteiger partial charge in [-0.05, 0) is 57.2 Å². The molecule has 1 fully saturated rings. The van der Waals surface area contributed by atoms with Gasteiger partial charge in [-0.2, -0.15) is 0 Å². The Morgan fingerprint density at radius 1 is 1.23 bits per heavy atom. The van der Waals surface area contributed by atoms with Crippen LogP contribution in [0.1, 0.15) is 50.4 Å². The Morgan fingerprint density at radius 2 is 2.04 bits per heavy atom. The third-order valence-corrected chi connectivity index (χ3v) is 5.13. The van der Waals surface area contributed by atoms with Gasteiger partial charge >= 0.3 is 0 Å². The van der Waals surface area contributed by atoms with Crippen molar-refractivity contribution < 1.29 is 13.9 Å². The fourth-order valence-corrected chi connectivity index (χ4v) is 3.74. The van der Waals surface area contributed by atoms with Crippen LogP contribution in [-0.4, -0.2) is 24.7 Å². The third-order valence-electron chi connectivity index (χ3n) is 5.13. The van der Waals surface area contributed by atoms with E-state index in [-0.39, 0.29) is 23.3 Å². The van der Waals surface area contributed by atoms with Gasteiger partial charge in [0.15, 0.2) is 0 Å². The molecule has 1 aromatic carbocycles. The Kier molecular flexibility index (Phi) is 6.15. The average molecular weight is 355 g/mol. The van der Waals surface area contributed by atoms with E-state index in [1.165, 1.54) is 5.56 Å². The molecule has 0 bridgehead atoms. The molecule has 3 rings (SSSR count). The van der Waals surface area contributed by atoms with Crippen LogP contribution in [0.25, 0.3) is 0 Å². The highest BCUT2D eigenvalue weighted by molar-refractivity contribution is 5.78. The van der Waals surface area contributed by atoms with E-state index in [1.807, 2.05) is 18.2 Å². The van der Waals surface area contributed by atoms with E-state index >= 15 is 0 Å². The molecule has 2 unspecified atom stereocenters. The Hall–Kier alpha value is -2.07. The molecule has 4 nitrogen and oxygen atoms in total. The molecule has 140 valence electrons. The lowest BCUT2D eigenvalue weighted by molar-refractivity contribution is -0.135. The molecular formula is C22H29NO3. The molecule has 0 aliphatic carbocycles. The molecule has 2 atom stereocenters. The first kappa shape index (κ1) is 18.7. The second-order valence-corrected chi connectivity index (χ2v) is 7.78. The maximum atomic E-state index is 12.5. The summed E-state index contributed by atoms with van der Waals surface area (Å²) in [6.07, 6.45) is 5.08. The van der Waals surface area contributed by atoms with Crippen LogP contribution in [0, 0.1) is 5.92 Å². The van der Waals surface area contributed by atoms with E-state index in [2.05, 4.69) is 43.4 Å². The fourth-order valence-electron chi connectivity index (χ4n) is 3.74. The molecule has 2 heterocycles. The number of benzene rings is 1. The number of rotatable bonds is 7. The number of ether oxygens (including phenoxy) is 1. The zero-order valence-corrected chi connectivity index (χ0v) is 15.7. The fraction of sp³-hybridized carbons (Fsp3) is 0.500. The molecule has 2 aromatic rings. The molecule has 4 heteroatoms. The highest BCUT2D eigenvalue weighted by atomic mass is 16.5. The summed E-state index contributed by atoms with van der Waals surface area (Å²) in [7, 11) is 0. The van der Waals surface area contributed by atoms with E-state index in [0.29, 0.717) is 13.2 Å². The molecule has 0 spiro atoms. The van der Waals surface area contributed by atoms with Gasteiger partial charge in [0.05, 0.1) is 11.9 Å². The smallest absolute Gasteiger partial charge is 0.223 e. The van der Waals surface area contributed by atoms with Gasteiger partial charge in [-0.1, -0.05) is 30.3 Å². The van der Waals surface area contributed by atoms with Crippen LogP contribution in [0.15, 0.2) is 53.1 Å². The SMILES string of the molecule is CC1(C)CC(C(=O)NCCC(Cc2ccccc2)c2ccco2)CCO1. The zero-order chi connectivity index (χ0) is 18.4. The molecule has 1 aromatic heterocycles. The molecular weight excluding hydrogens is 326 g/mol. The quantitative estimate of drug-likeness (QED) is 0.805. The Bertz CT molecular complexity index is 679. The van der Waals surface area contributed by atoms with Gasteiger partial charge < -0.3 is 14.5 Å². The largest absolute Gasteiger partial charge is 0.469 e. The van der Waals surface area contributed by atoms with E-state index in [1.54, 1.807) is 6.26 Å². The number of furan rings is 1. The van der Waals surface area contributed by atoms with Crippen LogP contribution in [0.2, 0.25) is 0 Å². The van der Waals surface area contributed by atoms with Crippen molar-refractivity contribution >= 4 is 5.91 Å². The number of hydrogen-bond acceptors (Lipinski definition) is 3. The lowest BCUT2D eigenvalue weighted by atomic mass is 9.87. The van der Waals surface area contributed by atoms with Crippen LogP contribution < -0.4 is 5.32 Å². The molecule has 1 saturated heterocycles. The molecule has 1 aliphatic rings. The van der Waals surface area contributed by atoms with E-state index in [4.69, 9.17) is 9.15 Å². The van der Waals surface area contributed by atoms with E-state index in [0.717, 1.165) is 31.4 Å². The van der Waals surface area contributed by atoms with Crippen molar-refractivity contribution in [2.45, 2.75) is 51.0 Å². The van der Waals surface area contributed by atoms with Crippen molar-refractivity contribution in [2.75, 3.05) is 13.2 Å².